The molecule has 78 heavy (non-hydrogen) atoms. The zero-order chi connectivity index (χ0) is 57.8. The fourth-order valence-electron chi connectivity index (χ4n) is 9.52. The van der Waals surface area contributed by atoms with Crippen molar-refractivity contribution in [2.75, 3.05) is 0 Å². The molecule has 0 spiro atoms. The Morgan fingerprint density at radius 1 is 0.282 bits per heavy atom. The molecule has 0 N–H and O–H groups in total. The number of hydrogen-bond acceptors (Lipinski definition) is 8. The average molecular weight is 1090 g/mol. The van der Waals surface area contributed by atoms with E-state index in [0.29, 0.717) is 0 Å². The van der Waals surface area contributed by atoms with E-state index in [2.05, 4.69) is 174 Å². The van der Waals surface area contributed by atoms with E-state index in [9.17, 15) is 0 Å². The molecule has 12 nitrogen and oxygen atoms in total. The second-order valence-electron chi connectivity index (χ2n) is 26.7. The van der Waals surface area contributed by atoms with Crippen molar-refractivity contribution in [1.82, 2.24) is 60.0 Å². The van der Waals surface area contributed by atoms with Gasteiger partial charge in [0, 0.05) is 38.6 Å². The highest BCUT2D eigenvalue weighted by molar-refractivity contribution is 4.95. The molecule has 0 unspecified atom stereocenters. The van der Waals surface area contributed by atoms with Crippen molar-refractivity contribution in [3.63, 3.8) is 0 Å². The molecule has 0 aliphatic rings. The molecule has 0 aliphatic carbocycles. The van der Waals surface area contributed by atoms with E-state index >= 15 is 0 Å². The first kappa shape index (κ1) is 72.6. The Balaban J connectivity index is 0.000000520. The third-order valence-electron chi connectivity index (χ3n) is 14.6. The number of nitrogens with zero attached hydrogens (tertiary/aromatic N) is 12. The highest BCUT2D eigenvalue weighted by atomic mass is 15.4. The molecule has 4 heterocycles. The van der Waals surface area contributed by atoms with E-state index in [1.54, 1.807) is 0 Å². The summed E-state index contributed by atoms with van der Waals surface area (Å²) in [6.07, 6.45) is 46.2. The minimum atomic E-state index is 0.812. The Hall–Kier alpha value is -3.44. The van der Waals surface area contributed by atoms with Crippen molar-refractivity contribution < 1.29 is 0 Å². The zero-order valence-electron chi connectivity index (χ0n) is 54.3. The first-order valence-corrected chi connectivity index (χ1v) is 32.9. The molecular weight excluding hydrogens is 961 g/mol. The van der Waals surface area contributed by atoms with Crippen molar-refractivity contribution in [2.24, 2.45) is 47.3 Å². The van der Waals surface area contributed by atoms with Crippen molar-refractivity contribution in [2.45, 2.75) is 330 Å². The van der Waals surface area contributed by atoms with Crippen LogP contribution in [0.4, 0.5) is 0 Å². The molecule has 0 saturated heterocycles. The molecule has 0 aliphatic heterocycles. The van der Waals surface area contributed by atoms with E-state index in [1.807, 2.05) is 21.8 Å². The smallest absolute Gasteiger partial charge is 0.0827 e. The quantitative estimate of drug-likeness (QED) is 0.0402. The minimum absolute atomic E-state index is 0.812. The third-order valence-corrected chi connectivity index (χ3v) is 14.6. The summed E-state index contributed by atoms with van der Waals surface area (Å²) < 4.78 is 8.26. The summed E-state index contributed by atoms with van der Waals surface area (Å²) in [6, 6.07) is 0. The van der Waals surface area contributed by atoms with Crippen LogP contribution in [0.3, 0.4) is 0 Å². The summed E-state index contributed by atoms with van der Waals surface area (Å²) >= 11 is 0. The van der Waals surface area contributed by atoms with Gasteiger partial charge in [-0.2, -0.15) is 0 Å². The van der Waals surface area contributed by atoms with Gasteiger partial charge in [-0.25, -0.2) is 9.36 Å². The van der Waals surface area contributed by atoms with Gasteiger partial charge in [0.25, 0.3) is 0 Å². The molecule has 4 aromatic rings. The maximum Gasteiger partial charge on any atom is 0.0827 e. The molecule has 0 aromatic carbocycles. The fraction of sp³-hybridized carbons (Fsp3) is 0.879. The predicted octanol–water partition coefficient (Wildman–Crippen LogP) is 18.7. The van der Waals surface area contributed by atoms with Crippen LogP contribution in [-0.4, -0.2) is 60.0 Å². The van der Waals surface area contributed by atoms with E-state index in [4.69, 9.17) is 0 Å². The lowest BCUT2D eigenvalue weighted by molar-refractivity contribution is 0.474. The second kappa shape index (κ2) is 47.2. The molecule has 0 radical (unpaired) electrons. The van der Waals surface area contributed by atoms with Gasteiger partial charge in [-0.3, -0.25) is 9.36 Å². The minimum Gasteiger partial charge on any atom is -0.252 e. The van der Waals surface area contributed by atoms with Crippen LogP contribution < -0.4 is 0 Å². The third kappa shape index (κ3) is 43.4. The standard InChI is InChI=1S/2C17H33N3.2C16H31N3/c2*1-15(2)10-6-5-9-13-20-17(14-18-19-20)12-8-7-11-16(3)4;2*1-14(2)9-5-6-11-16-13-19(18-17-16)12-8-7-10-15(3)4/h2*14-16H,5-13H2,1-4H3;2*13-15H,5-12H2,1-4H3. The summed E-state index contributed by atoms with van der Waals surface area (Å²) in [5.41, 5.74) is 4.95. The number of rotatable bonds is 42. The van der Waals surface area contributed by atoms with Crippen LogP contribution in [0.25, 0.3) is 0 Å². The van der Waals surface area contributed by atoms with Crippen molar-refractivity contribution >= 4 is 0 Å². The predicted molar refractivity (Wildman–Crippen MR) is 334 cm³/mol. The number of hydrogen-bond donors (Lipinski definition) is 0. The van der Waals surface area contributed by atoms with Crippen LogP contribution in [0.1, 0.15) is 300 Å². The monoisotopic (exact) mass is 1090 g/mol. The summed E-state index contributed by atoms with van der Waals surface area (Å²) in [7, 11) is 0. The fourth-order valence-corrected chi connectivity index (χ4v) is 9.52. The van der Waals surface area contributed by atoms with Crippen LogP contribution in [0.15, 0.2) is 24.8 Å². The van der Waals surface area contributed by atoms with Crippen molar-refractivity contribution in [3.05, 3.63) is 47.6 Å². The highest BCUT2D eigenvalue weighted by Crippen LogP contribution is 2.16. The summed E-state index contributed by atoms with van der Waals surface area (Å²) in [4.78, 5) is 0. The van der Waals surface area contributed by atoms with Gasteiger partial charge in [0.2, 0.25) is 0 Å². The largest absolute Gasteiger partial charge is 0.252 e. The SMILES string of the molecule is CC(C)CCCCCn1nncc1CCCCC(C)C.CC(C)CCCCCn1nncc1CCCCC(C)C.CC(C)CCCCc1cn(CCCCC(C)C)nn1.CC(C)CCCCc1cn(CCCCC(C)C)nn1. The van der Waals surface area contributed by atoms with Crippen LogP contribution in [-0.2, 0) is 51.9 Å². The maximum atomic E-state index is 4.26. The van der Waals surface area contributed by atoms with Gasteiger partial charge in [-0.15, -0.1) is 20.4 Å². The Labute approximate surface area is 482 Å². The van der Waals surface area contributed by atoms with Crippen LogP contribution in [0.2, 0.25) is 0 Å². The van der Waals surface area contributed by atoms with Gasteiger partial charge in [0.1, 0.15) is 0 Å². The molecule has 0 bridgehead atoms. The molecule has 452 valence electrons. The first-order chi connectivity index (χ1) is 37.3. The molecule has 0 fully saturated rings. The van der Waals surface area contributed by atoms with Gasteiger partial charge in [-0.05, 0) is 124 Å². The maximum absolute atomic E-state index is 4.26. The number of aryl methyl sites for hydroxylation is 8. The van der Waals surface area contributed by atoms with Crippen molar-refractivity contribution in [1.29, 1.82) is 0 Å². The molecule has 4 rings (SSSR count). The van der Waals surface area contributed by atoms with Gasteiger partial charge in [0.15, 0.2) is 0 Å². The van der Waals surface area contributed by atoms with Crippen LogP contribution in [0, 0.1) is 47.3 Å². The molecular formula is C66H128N12. The number of unbranched alkanes of at least 4 members (excludes halogenated alkanes) is 10. The Morgan fingerprint density at radius 2 is 0.538 bits per heavy atom. The van der Waals surface area contributed by atoms with E-state index < -0.39 is 0 Å². The van der Waals surface area contributed by atoms with Gasteiger partial charge < -0.3 is 0 Å². The van der Waals surface area contributed by atoms with Crippen LogP contribution >= 0.6 is 0 Å². The van der Waals surface area contributed by atoms with Gasteiger partial charge >= 0.3 is 0 Å². The summed E-state index contributed by atoms with van der Waals surface area (Å²) in [5.74, 6) is 6.56. The summed E-state index contributed by atoms with van der Waals surface area (Å²) in [6.45, 7) is 40.8. The Kier molecular flexibility index (Phi) is 43.9. The van der Waals surface area contributed by atoms with Gasteiger partial charge in [-0.1, -0.05) is 247 Å². The Morgan fingerprint density at radius 3 is 0.833 bits per heavy atom. The van der Waals surface area contributed by atoms with Crippen LogP contribution in [0.5, 0.6) is 0 Å². The summed E-state index contributed by atoms with van der Waals surface area (Å²) in [5, 5.41) is 33.6. The lowest BCUT2D eigenvalue weighted by atomic mass is 10.0. The zero-order valence-corrected chi connectivity index (χ0v) is 54.3. The average Bonchev–Trinajstić information content (AvgIpc) is 4.22. The van der Waals surface area contributed by atoms with E-state index in [-0.39, 0.29) is 0 Å². The normalized spacial score (nSPS) is 11.7. The molecule has 0 saturated carbocycles. The van der Waals surface area contributed by atoms with Crippen molar-refractivity contribution in [3.8, 4) is 0 Å². The van der Waals surface area contributed by atoms with E-state index in [0.717, 1.165) is 111 Å². The molecule has 0 amide bonds. The van der Waals surface area contributed by atoms with E-state index in [1.165, 1.54) is 178 Å². The molecule has 4 aromatic heterocycles. The first-order valence-electron chi connectivity index (χ1n) is 32.9. The number of aromatic nitrogens is 12. The second-order valence-corrected chi connectivity index (χ2v) is 26.7. The molecule has 0 atom stereocenters. The molecule has 12 heteroatoms. The lowest BCUT2D eigenvalue weighted by Crippen LogP contribution is -2.06. The highest BCUT2D eigenvalue weighted by Gasteiger charge is 2.08. The van der Waals surface area contributed by atoms with Gasteiger partial charge in [0.05, 0.1) is 35.2 Å². The Bertz CT molecular complexity index is 1680. The lowest BCUT2D eigenvalue weighted by Gasteiger charge is -2.08. The topological polar surface area (TPSA) is 123 Å².